The summed E-state index contributed by atoms with van der Waals surface area (Å²) in [6.07, 6.45) is 0. The number of allylic oxidation sites excluding steroid dienone is 1. The molecule has 20 heavy (non-hydrogen) atoms. The maximum absolute atomic E-state index is 11.8. The monoisotopic (exact) mass is 269 g/mol. The topological polar surface area (TPSA) is 40.9 Å². The maximum atomic E-state index is 11.8. The molecule has 0 fully saturated rings. The third-order valence-corrected chi connectivity index (χ3v) is 4.13. The molecule has 0 N–H and O–H groups in total. The Morgan fingerprint density at radius 1 is 1.10 bits per heavy atom. The van der Waals surface area contributed by atoms with Crippen LogP contribution in [0.5, 0.6) is 0 Å². The van der Waals surface area contributed by atoms with Crippen molar-refractivity contribution in [2.75, 3.05) is 0 Å². The number of Topliss-reactive ketones (excluding diaryl/α,β-unsaturated/α-hetero) is 1. The SMILES string of the molecule is C=C(C)C(C)(C)c1cc(C(C)=O)cc(C(C)(C)C#N)c1. The van der Waals surface area contributed by atoms with Crippen molar-refractivity contribution in [2.24, 2.45) is 0 Å². The Labute approximate surface area is 122 Å². The summed E-state index contributed by atoms with van der Waals surface area (Å²) in [6.45, 7) is 15.5. The molecular formula is C18H23NO. The molecular weight excluding hydrogens is 246 g/mol. The maximum Gasteiger partial charge on any atom is 0.159 e. The lowest BCUT2D eigenvalue weighted by Crippen LogP contribution is -2.22. The fourth-order valence-electron chi connectivity index (χ4n) is 1.86. The summed E-state index contributed by atoms with van der Waals surface area (Å²) in [5, 5.41) is 9.33. The second-order valence-corrected chi connectivity index (χ2v) is 6.50. The molecule has 0 atom stereocenters. The van der Waals surface area contributed by atoms with Crippen LogP contribution in [0.1, 0.15) is 63.0 Å². The van der Waals surface area contributed by atoms with E-state index in [1.54, 1.807) is 6.92 Å². The number of nitriles is 1. The van der Waals surface area contributed by atoms with E-state index in [0.717, 1.165) is 16.7 Å². The number of carbonyl (C=O) groups is 1. The smallest absolute Gasteiger partial charge is 0.159 e. The number of rotatable bonds is 4. The van der Waals surface area contributed by atoms with Crippen LogP contribution in [-0.4, -0.2) is 5.78 Å². The van der Waals surface area contributed by atoms with Gasteiger partial charge in [-0.15, -0.1) is 0 Å². The number of carbonyl (C=O) groups excluding carboxylic acids is 1. The van der Waals surface area contributed by atoms with E-state index in [0.29, 0.717) is 5.56 Å². The predicted octanol–water partition coefficient (Wildman–Crippen LogP) is 4.54. The van der Waals surface area contributed by atoms with E-state index in [1.165, 1.54) is 0 Å². The van der Waals surface area contributed by atoms with Gasteiger partial charge in [0, 0.05) is 11.0 Å². The van der Waals surface area contributed by atoms with Crippen LogP contribution >= 0.6 is 0 Å². The van der Waals surface area contributed by atoms with Gasteiger partial charge in [-0.25, -0.2) is 0 Å². The molecule has 106 valence electrons. The molecule has 0 spiro atoms. The van der Waals surface area contributed by atoms with Gasteiger partial charge in [0.25, 0.3) is 0 Å². The first-order valence-corrected chi connectivity index (χ1v) is 6.76. The third kappa shape index (κ3) is 2.99. The van der Waals surface area contributed by atoms with Crippen LogP contribution in [0.4, 0.5) is 0 Å². The van der Waals surface area contributed by atoms with Crippen molar-refractivity contribution in [3.05, 3.63) is 47.0 Å². The molecule has 0 saturated carbocycles. The highest BCUT2D eigenvalue weighted by Gasteiger charge is 2.27. The second kappa shape index (κ2) is 5.25. The molecule has 0 unspecified atom stereocenters. The first kappa shape index (κ1) is 16.2. The summed E-state index contributed by atoms with van der Waals surface area (Å²) in [4.78, 5) is 11.8. The Balaban J connectivity index is 3.61. The molecule has 0 aliphatic heterocycles. The van der Waals surface area contributed by atoms with Gasteiger partial charge in [-0.1, -0.05) is 32.1 Å². The molecule has 1 aromatic carbocycles. The van der Waals surface area contributed by atoms with Gasteiger partial charge in [-0.05, 0) is 51.0 Å². The van der Waals surface area contributed by atoms with Gasteiger partial charge in [0.05, 0.1) is 11.5 Å². The van der Waals surface area contributed by atoms with Crippen molar-refractivity contribution in [1.29, 1.82) is 5.26 Å². The minimum atomic E-state index is -0.620. The zero-order valence-electron chi connectivity index (χ0n) is 13.3. The van der Waals surface area contributed by atoms with Crippen LogP contribution < -0.4 is 0 Å². The van der Waals surface area contributed by atoms with Crippen LogP contribution in [0.15, 0.2) is 30.4 Å². The lowest BCUT2D eigenvalue weighted by Gasteiger charge is -2.28. The lowest BCUT2D eigenvalue weighted by atomic mass is 9.75. The van der Waals surface area contributed by atoms with Crippen molar-refractivity contribution in [2.45, 2.75) is 52.4 Å². The predicted molar refractivity (Wildman–Crippen MR) is 82.9 cm³/mol. The van der Waals surface area contributed by atoms with E-state index >= 15 is 0 Å². The van der Waals surface area contributed by atoms with Crippen molar-refractivity contribution < 1.29 is 4.79 Å². The van der Waals surface area contributed by atoms with E-state index in [9.17, 15) is 10.1 Å². The Hall–Kier alpha value is -1.88. The summed E-state index contributed by atoms with van der Waals surface area (Å²) in [7, 11) is 0. The summed E-state index contributed by atoms with van der Waals surface area (Å²) < 4.78 is 0. The van der Waals surface area contributed by atoms with E-state index in [2.05, 4.69) is 26.5 Å². The molecule has 0 aliphatic rings. The highest BCUT2D eigenvalue weighted by molar-refractivity contribution is 5.94. The highest BCUT2D eigenvalue weighted by atomic mass is 16.1. The molecule has 0 aromatic heterocycles. The molecule has 1 aromatic rings. The summed E-state index contributed by atoms with van der Waals surface area (Å²) in [6, 6.07) is 8.05. The van der Waals surface area contributed by atoms with Crippen molar-refractivity contribution >= 4 is 5.78 Å². The molecule has 0 amide bonds. The molecule has 0 aliphatic carbocycles. The number of benzene rings is 1. The van der Waals surface area contributed by atoms with Gasteiger partial charge in [0.2, 0.25) is 0 Å². The standard InChI is InChI=1S/C18H23NO/c1-12(2)18(6,7)16-9-14(13(3)20)8-15(10-16)17(4,5)11-19/h8-10H,1H2,2-7H3. The van der Waals surface area contributed by atoms with Gasteiger partial charge in [0.15, 0.2) is 5.78 Å². The largest absolute Gasteiger partial charge is 0.295 e. The number of hydrogen-bond acceptors (Lipinski definition) is 2. The van der Waals surface area contributed by atoms with Crippen LogP contribution in [-0.2, 0) is 10.8 Å². The van der Waals surface area contributed by atoms with Gasteiger partial charge >= 0.3 is 0 Å². The Kier molecular flexibility index (Phi) is 4.24. The van der Waals surface area contributed by atoms with Crippen molar-refractivity contribution in [3.8, 4) is 6.07 Å². The number of hydrogen-bond donors (Lipinski definition) is 0. The molecule has 2 heteroatoms. The minimum Gasteiger partial charge on any atom is -0.295 e. The fraction of sp³-hybridized carbons (Fsp3) is 0.444. The summed E-state index contributed by atoms with van der Waals surface area (Å²) in [5.41, 5.74) is 2.72. The van der Waals surface area contributed by atoms with Crippen LogP contribution in [0, 0.1) is 11.3 Å². The van der Waals surface area contributed by atoms with E-state index < -0.39 is 5.41 Å². The summed E-state index contributed by atoms with van der Waals surface area (Å²) in [5.74, 6) is 0.0133. The zero-order chi connectivity index (χ0) is 15.7. The van der Waals surface area contributed by atoms with E-state index in [4.69, 9.17) is 0 Å². The highest BCUT2D eigenvalue weighted by Crippen LogP contribution is 2.34. The minimum absolute atomic E-state index is 0.0133. The molecule has 0 radical (unpaired) electrons. The van der Waals surface area contributed by atoms with Crippen LogP contribution in [0.2, 0.25) is 0 Å². The molecule has 0 bridgehead atoms. The van der Waals surface area contributed by atoms with Gasteiger partial charge in [-0.3, -0.25) is 4.79 Å². The second-order valence-electron chi connectivity index (χ2n) is 6.50. The summed E-state index contributed by atoms with van der Waals surface area (Å²) >= 11 is 0. The van der Waals surface area contributed by atoms with Crippen molar-refractivity contribution in [1.82, 2.24) is 0 Å². The van der Waals surface area contributed by atoms with E-state index in [-0.39, 0.29) is 11.2 Å². The molecule has 0 heterocycles. The van der Waals surface area contributed by atoms with Gasteiger partial charge in [-0.2, -0.15) is 5.26 Å². The van der Waals surface area contributed by atoms with Crippen LogP contribution in [0.25, 0.3) is 0 Å². The molecule has 2 nitrogen and oxygen atoms in total. The average molecular weight is 269 g/mol. The normalized spacial score (nSPS) is 11.8. The lowest BCUT2D eigenvalue weighted by molar-refractivity contribution is 0.101. The average Bonchev–Trinajstić information content (AvgIpc) is 2.37. The Morgan fingerprint density at radius 2 is 1.60 bits per heavy atom. The fourth-order valence-corrected chi connectivity index (χ4v) is 1.86. The Morgan fingerprint density at radius 3 is 2.00 bits per heavy atom. The van der Waals surface area contributed by atoms with E-state index in [1.807, 2.05) is 39.0 Å². The third-order valence-electron chi connectivity index (χ3n) is 4.13. The number of ketones is 1. The zero-order valence-corrected chi connectivity index (χ0v) is 13.3. The quantitative estimate of drug-likeness (QED) is 0.594. The Bertz CT molecular complexity index is 600. The first-order valence-electron chi connectivity index (χ1n) is 6.76. The van der Waals surface area contributed by atoms with Crippen LogP contribution in [0.3, 0.4) is 0 Å². The van der Waals surface area contributed by atoms with Gasteiger partial charge in [0.1, 0.15) is 0 Å². The van der Waals surface area contributed by atoms with Crippen molar-refractivity contribution in [3.63, 3.8) is 0 Å². The first-order chi connectivity index (χ1) is 9.02. The molecule has 1 rings (SSSR count). The van der Waals surface area contributed by atoms with Gasteiger partial charge < -0.3 is 0 Å². The molecule has 0 saturated heterocycles. The number of nitrogens with zero attached hydrogens (tertiary/aromatic N) is 1.